The highest BCUT2D eigenvalue weighted by molar-refractivity contribution is 5.90. The van der Waals surface area contributed by atoms with Crippen LogP contribution in [0.1, 0.15) is 86.5 Å². The van der Waals surface area contributed by atoms with Crippen LogP contribution in [0.5, 0.6) is 0 Å². The van der Waals surface area contributed by atoms with Gasteiger partial charge in [-0.25, -0.2) is 14.4 Å². The van der Waals surface area contributed by atoms with Crippen molar-refractivity contribution >= 4 is 18.2 Å². The van der Waals surface area contributed by atoms with Gasteiger partial charge in [-0.15, -0.1) is 0 Å². The lowest BCUT2D eigenvalue weighted by Gasteiger charge is -2.40. The van der Waals surface area contributed by atoms with Gasteiger partial charge >= 0.3 is 18.2 Å². The third kappa shape index (κ3) is 6.74. The van der Waals surface area contributed by atoms with E-state index in [-0.39, 0.29) is 31.7 Å². The molecule has 2 amide bonds. The summed E-state index contributed by atoms with van der Waals surface area (Å²) in [5.41, 5.74) is 4.67. The van der Waals surface area contributed by atoms with E-state index in [1.165, 1.54) is 6.20 Å². The second kappa shape index (κ2) is 13.1. The molecule has 2 atom stereocenters. The molecule has 0 spiro atoms. The van der Waals surface area contributed by atoms with Crippen LogP contribution >= 0.6 is 0 Å². The Morgan fingerprint density at radius 2 is 1.61 bits per heavy atom. The zero-order valence-corrected chi connectivity index (χ0v) is 26.2. The number of hydrogen-bond acceptors (Lipinski definition) is 7. The highest BCUT2D eigenvalue weighted by Crippen LogP contribution is 2.44. The van der Waals surface area contributed by atoms with Crippen LogP contribution < -0.4 is 5.32 Å². The Kier molecular flexibility index (Phi) is 9.27. The van der Waals surface area contributed by atoms with Crippen LogP contribution in [0.25, 0.3) is 11.1 Å². The van der Waals surface area contributed by atoms with Crippen molar-refractivity contribution in [1.82, 2.24) is 20.0 Å². The summed E-state index contributed by atoms with van der Waals surface area (Å²) in [7, 11) is 1.73. The molecule has 0 unspecified atom stereocenters. The van der Waals surface area contributed by atoms with Gasteiger partial charge in [0.2, 0.25) is 0 Å². The Hall–Kier alpha value is -4.34. The fourth-order valence-electron chi connectivity index (χ4n) is 6.30. The first-order chi connectivity index (χ1) is 21.1. The van der Waals surface area contributed by atoms with Crippen LogP contribution in [0.3, 0.4) is 0 Å². The van der Waals surface area contributed by atoms with Crippen molar-refractivity contribution in [2.75, 3.05) is 13.2 Å². The lowest BCUT2D eigenvalue weighted by atomic mass is 9.89. The highest BCUT2D eigenvalue weighted by atomic mass is 16.6. The average molecular weight is 603 g/mol. The van der Waals surface area contributed by atoms with E-state index in [2.05, 4.69) is 34.7 Å². The van der Waals surface area contributed by atoms with Crippen molar-refractivity contribution in [2.45, 2.75) is 83.5 Å². The maximum absolute atomic E-state index is 14.1. The van der Waals surface area contributed by atoms with E-state index in [9.17, 15) is 14.4 Å². The number of nitrogens with zero attached hydrogens (tertiary/aromatic N) is 3. The molecule has 0 radical (unpaired) electrons. The third-order valence-electron chi connectivity index (χ3n) is 8.28. The number of esters is 1. The minimum absolute atomic E-state index is 0.0541. The van der Waals surface area contributed by atoms with Crippen molar-refractivity contribution in [3.8, 4) is 11.1 Å². The molecule has 1 N–H and O–H groups in total. The standard InChI is InChI=1S/C34H42N4O6/c1-6-42-31(39)26-19-35-37(5)30(26)20-38(29-18-12-11-17-28(29)36-32(40)44-34(2,3)4)33(41)43-21-27-24-15-9-7-13-22(24)23-14-8-10-16-25(23)27/h7-10,13-16,19,27-29H,6,11-12,17-18,20-21H2,1-5H3,(H,36,40)/t28-,29-/m1/s1. The first kappa shape index (κ1) is 31.1. The molecule has 10 heteroatoms. The van der Waals surface area contributed by atoms with Gasteiger partial charge in [0.25, 0.3) is 0 Å². The molecular weight excluding hydrogens is 560 g/mol. The quantitative estimate of drug-likeness (QED) is 0.242. The predicted octanol–water partition coefficient (Wildman–Crippen LogP) is 6.18. The number of nitrogens with one attached hydrogen (secondary N) is 1. The van der Waals surface area contributed by atoms with E-state index < -0.39 is 29.8 Å². The van der Waals surface area contributed by atoms with Gasteiger partial charge in [0, 0.05) is 13.0 Å². The second-order valence-corrected chi connectivity index (χ2v) is 12.4. The van der Waals surface area contributed by atoms with E-state index in [4.69, 9.17) is 14.2 Å². The number of amides is 2. The van der Waals surface area contributed by atoms with Gasteiger partial charge in [-0.05, 0) is 62.8 Å². The number of carbonyl (C=O) groups excluding carboxylic acids is 3. The van der Waals surface area contributed by atoms with E-state index in [0.717, 1.165) is 35.1 Å². The molecule has 44 heavy (non-hydrogen) atoms. The van der Waals surface area contributed by atoms with Gasteiger partial charge in [-0.2, -0.15) is 5.10 Å². The van der Waals surface area contributed by atoms with Gasteiger partial charge in [-0.1, -0.05) is 61.4 Å². The fraction of sp³-hybridized carbons (Fsp3) is 0.471. The molecule has 3 aromatic rings. The molecular formula is C34H42N4O6. The van der Waals surface area contributed by atoms with Crippen LogP contribution in [-0.4, -0.2) is 63.7 Å². The number of alkyl carbamates (subject to hydrolysis) is 1. The second-order valence-electron chi connectivity index (χ2n) is 12.4. The molecule has 1 heterocycles. The summed E-state index contributed by atoms with van der Waals surface area (Å²) in [6.07, 6.45) is 3.50. The summed E-state index contributed by atoms with van der Waals surface area (Å²) in [5, 5.41) is 7.30. The largest absolute Gasteiger partial charge is 0.462 e. The van der Waals surface area contributed by atoms with Crippen LogP contribution in [0.4, 0.5) is 9.59 Å². The van der Waals surface area contributed by atoms with Crippen LogP contribution in [0.15, 0.2) is 54.7 Å². The molecule has 2 aromatic carbocycles. The molecule has 5 rings (SSSR count). The summed E-state index contributed by atoms with van der Waals surface area (Å²) >= 11 is 0. The Morgan fingerprint density at radius 3 is 2.25 bits per heavy atom. The number of benzene rings is 2. The summed E-state index contributed by atoms with van der Waals surface area (Å²) in [5.74, 6) is -0.614. The van der Waals surface area contributed by atoms with Gasteiger partial charge in [0.15, 0.2) is 0 Å². The maximum atomic E-state index is 14.1. The molecule has 234 valence electrons. The van der Waals surface area contributed by atoms with Crippen molar-refractivity contribution in [1.29, 1.82) is 0 Å². The molecule has 2 aliphatic rings. The lowest BCUT2D eigenvalue weighted by molar-refractivity contribution is 0.0362. The number of rotatable bonds is 8. The first-order valence-electron chi connectivity index (χ1n) is 15.4. The lowest BCUT2D eigenvalue weighted by Crippen LogP contribution is -2.55. The summed E-state index contributed by atoms with van der Waals surface area (Å²) < 4.78 is 18.5. The van der Waals surface area contributed by atoms with Gasteiger partial charge in [0.1, 0.15) is 17.8 Å². The van der Waals surface area contributed by atoms with Gasteiger partial charge in [0.05, 0.1) is 37.1 Å². The molecule has 0 aliphatic heterocycles. The van der Waals surface area contributed by atoms with Crippen molar-refractivity contribution in [3.63, 3.8) is 0 Å². The number of ether oxygens (including phenoxy) is 3. The molecule has 10 nitrogen and oxygen atoms in total. The summed E-state index contributed by atoms with van der Waals surface area (Å²) in [4.78, 5) is 41.4. The summed E-state index contributed by atoms with van der Waals surface area (Å²) in [6.45, 7) is 7.60. The Morgan fingerprint density at radius 1 is 0.977 bits per heavy atom. The highest BCUT2D eigenvalue weighted by Gasteiger charge is 2.38. The number of hydrogen-bond donors (Lipinski definition) is 1. The number of fused-ring (bicyclic) bond motifs is 3. The van der Waals surface area contributed by atoms with E-state index in [0.29, 0.717) is 24.1 Å². The number of aryl methyl sites for hydroxylation is 1. The first-order valence-corrected chi connectivity index (χ1v) is 15.4. The van der Waals surface area contributed by atoms with Crippen molar-refractivity contribution in [3.05, 3.63) is 77.1 Å². The minimum Gasteiger partial charge on any atom is -0.462 e. The molecule has 1 aromatic heterocycles. The monoisotopic (exact) mass is 602 g/mol. The predicted molar refractivity (Wildman–Crippen MR) is 165 cm³/mol. The number of carbonyl (C=O) groups is 3. The molecule has 0 saturated heterocycles. The van der Waals surface area contributed by atoms with Crippen LogP contribution in [0, 0.1) is 0 Å². The van der Waals surface area contributed by atoms with Crippen LogP contribution in [-0.2, 0) is 27.8 Å². The zero-order valence-electron chi connectivity index (χ0n) is 26.2. The molecule has 2 aliphatic carbocycles. The Balaban J connectivity index is 1.43. The topological polar surface area (TPSA) is 112 Å². The molecule has 0 bridgehead atoms. The normalized spacial score (nSPS) is 17.8. The van der Waals surface area contributed by atoms with E-state index in [1.807, 2.05) is 45.0 Å². The van der Waals surface area contributed by atoms with Crippen LogP contribution in [0.2, 0.25) is 0 Å². The van der Waals surface area contributed by atoms with Gasteiger partial charge < -0.3 is 19.5 Å². The number of aromatic nitrogens is 2. The van der Waals surface area contributed by atoms with Crippen molar-refractivity contribution < 1.29 is 28.6 Å². The minimum atomic E-state index is -0.663. The smallest absolute Gasteiger partial charge is 0.410 e. The maximum Gasteiger partial charge on any atom is 0.410 e. The Labute approximate surface area is 258 Å². The molecule has 1 fully saturated rings. The SMILES string of the molecule is CCOC(=O)c1cnn(C)c1CN(C(=O)OCC1c2ccccc2-c2ccccc21)[C@@H]1CCCC[C@H]1NC(=O)OC(C)(C)C. The third-order valence-corrected chi connectivity index (χ3v) is 8.28. The fourth-order valence-corrected chi connectivity index (χ4v) is 6.30. The average Bonchev–Trinajstić information content (AvgIpc) is 3.51. The summed E-state index contributed by atoms with van der Waals surface area (Å²) in [6, 6.07) is 15.6. The van der Waals surface area contributed by atoms with Gasteiger partial charge in [-0.3, -0.25) is 9.58 Å². The van der Waals surface area contributed by atoms with E-state index in [1.54, 1.807) is 23.6 Å². The Bertz CT molecular complexity index is 1460. The van der Waals surface area contributed by atoms with Crippen molar-refractivity contribution in [2.24, 2.45) is 7.05 Å². The molecule has 1 saturated carbocycles. The zero-order chi connectivity index (χ0) is 31.4. The van der Waals surface area contributed by atoms with E-state index >= 15 is 0 Å².